The van der Waals surface area contributed by atoms with Crippen LogP contribution in [0.2, 0.25) is 0 Å². The topological polar surface area (TPSA) is 79.9 Å². The van der Waals surface area contributed by atoms with Crippen LogP contribution in [0.3, 0.4) is 0 Å². The number of methoxy groups -OCH3 is 1. The lowest BCUT2D eigenvalue weighted by Gasteiger charge is -2.37. The van der Waals surface area contributed by atoms with Crippen molar-refractivity contribution in [2.45, 2.75) is 39.8 Å². The summed E-state index contributed by atoms with van der Waals surface area (Å²) in [6.07, 6.45) is -0.226. The average Bonchev–Trinajstić information content (AvgIpc) is 2.61. The highest BCUT2D eigenvalue weighted by molar-refractivity contribution is 7.80. The molecule has 2 rings (SSSR count). The third-order valence-corrected chi connectivity index (χ3v) is 4.62. The maximum atomic E-state index is 12.8. The first-order chi connectivity index (χ1) is 13.3. The Morgan fingerprint density at radius 2 is 1.93 bits per heavy atom. The second kappa shape index (κ2) is 9.66. The van der Waals surface area contributed by atoms with Gasteiger partial charge in [0.25, 0.3) is 0 Å². The summed E-state index contributed by atoms with van der Waals surface area (Å²) in [5.41, 5.74) is 2.80. The number of allylic oxidation sites excluding steroid dienone is 1. The van der Waals surface area contributed by atoms with Crippen molar-refractivity contribution in [1.29, 1.82) is 0 Å². The van der Waals surface area contributed by atoms with Crippen molar-refractivity contribution in [2.24, 2.45) is 0 Å². The molecule has 7 nitrogen and oxygen atoms in total. The molecule has 8 heteroatoms. The van der Waals surface area contributed by atoms with Crippen LogP contribution in [0.1, 0.15) is 39.3 Å². The zero-order valence-electron chi connectivity index (χ0n) is 16.9. The molecule has 1 aromatic carbocycles. The highest BCUT2D eigenvalue weighted by Gasteiger charge is 2.34. The van der Waals surface area contributed by atoms with Crippen molar-refractivity contribution < 1.29 is 19.1 Å². The lowest BCUT2D eigenvalue weighted by Crippen LogP contribution is -2.47. The fraction of sp³-hybridized carbons (Fsp3) is 0.450. The van der Waals surface area contributed by atoms with E-state index in [0.29, 0.717) is 22.9 Å². The summed E-state index contributed by atoms with van der Waals surface area (Å²) in [7, 11) is 1.46. The van der Waals surface area contributed by atoms with E-state index in [0.717, 1.165) is 11.3 Å². The highest BCUT2D eigenvalue weighted by Crippen LogP contribution is 2.32. The van der Waals surface area contributed by atoms with Crippen LogP contribution in [-0.4, -0.2) is 48.3 Å². The van der Waals surface area contributed by atoms with Crippen LogP contribution in [-0.2, 0) is 19.1 Å². The van der Waals surface area contributed by atoms with Crippen molar-refractivity contribution in [3.8, 4) is 0 Å². The number of amides is 1. The first-order valence-electron chi connectivity index (χ1n) is 9.17. The molecule has 0 radical (unpaired) electrons. The summed E-state index contributed by atoms with van der Waals surface area (Å²) >= 11 is 5.48. The van der Waals surface area contributed by atoms with E-state index in [2.05, 4.69) is 10.6 Å². The van der Waals surface area contributed by atoms with Crippen LogP contribution in [0.25, 0.3) is 0 Å². The van der Waals surface area contributed by atoms with Gasteiger partial charge in [0, 0.05) is 25.0 Å². The van der Waals surface area contributed by atoms with Gasteiger partial charge in [-0.25, -0.2) is 4.79 Å². The molecule has 0 spiro atoms. The molecule has 0 bridgehead atoms. The molecule has 2 N–H and O–H groups in total. The minimum absolute atomic E-state index is 0.0137. The predicted molar refractivity (Wildman–Crippen MR) is 112 cm³/mol. The number of hydrogen-bond acceptors (Lipinski definition) is 5. The molecule has 0 fully saturated rings. The Morgan fingerprint density at radius 3 is 2.46 bits per heavy atom. The van der Waals surface area contributed by atoms with E-state index in [1.165, 1.54) is 7.11 Å². The summed E-state index contributed by atoms with van der Waals surface area (Å²) < 4.78 is 10.3. The van der Waals surface area contributed by atoms with Crippen LogP contribution in [0.4, 0.5) is 5.69 Å². The number of benzene rings is 1. The number of ether oxygens (including phenoxy) is 2. The molecule has 152 valence electrons. The number of thiocarbonyl (C=S) groups is 1. The van der Waals surface area contributed by atoms with Crippen LogP contribution in [0.15, 0.2) is 35.5 Å². The summed E-state index contributed by atoms with van der Waals surface area (Å²) in [5.74, 6) is -0.605. The molecule has 0 aliphatic carbocycles. The third kappa shape index (κ3) is 5.08. The number of nitrogens with one attached hydrogen (secondary N) is 2. The van der Waals surface area contributed by atoms with Crippen LogP contribution in [0, 0.1) is 0 Å². The highest BCUT2D eigenvalue weighted by atomic mass is 32.1. The second-order valence-corrected chi connectivity index (χ2v) is 7.07. The quantitative estimate of drug-likeness (QED) is 0.533. The van der Waals surface area contributed by atoms with Gasteiger partial charge in [-0.3, -0.25) is 4.79 Å². The number of hydrogen-bond donors (Lipinski definition) is 2. The maximum Gasteiger partial charge on any atom is 0.338 e. The van der Waals surface area contributed by atoms with Gasteiger partial charge in [0.05, 0.1) is 17.7 Å². The molecule has 0 saturated heterocycles. The predicted octanol–water partition coefficient (Wildman–Crippen LogP) is 2.75. The van der Waals surface area contributed by atoms with Gasteiger partial charge in [-0.1, -0.05) is 12.1 Å². The van der Waals surface area contributed by atoms with E-state index in [4.69, 9.17) is 21.7 Å². The zero-order valence-corrected chi connectivity index (χ0v) is 17.7. The standard InChI is InChI=1S/C20H27N3O4S/c1-6-23-13(4)17(19(25)27-12(2)3)18(22-20(23)28)14-7-9-15(10-8-14)21-16(24)11-26-5/h7-10,12,18H,6,11H2,1-5H3,(H,21,24)(H,22,28). The maximum absolute atomic E-state index is 12.8. The molecule has 1 unspecified atom stereocenters. The minimum Gasteiger partial charge on any atom is -0.459 e. The van der Waals surface area contributed by atoms with Gasteiger partial charge >= 0.3 is 5.97 Å². The van der Waals surface area contributed by atoms with Gasteiger partial charge in [-0.15, -0.1) is 0 Å². The number of esters is 1. The van der Waals surface area contributed by atoms with Gasteiger partial charge in [-0.2, -0.15) is 0 Å². The fourth-order valence-electron chi connectivity index (χ4n) is 3.04. The Labute approximate surface area is 171 Å². The van der Waals surface area contributed by atoms with Crippen molar-refractivity contribution in [3.05, 3.63) is 41.1 Å². The largest absolute Gasteiger partial charge is 0.459 e. The van der Waals surface area contributed by atoms with Gasteiger partial charge in [0.15, 0.2) is 5.11 Å². The number of nitrogens with zero attached hydrogens (tertiary/aromatic N) is 1. The first kappa shape index (κ1) is 21.8. The van der Waals surface area contributed by atoms with E-state index in [9.17, 15) is 9.59 Å². The Bertz CT molecular complexity index is 774. The second-order valence-electron chi connectivity index (χ2n) is 6.68. The monoisotopic (exact) mass is 405 g/mol. The van der Waals surface area contributed by atoms with Crippen LogP contribution in [0.5, 0.6) is 0 Å². The summed E-state index contributed by atoms with van der Waals surface area (Å²) in [6.45, 7) is 8.12. The van der Waals surface area contributed by atoms with Crippen molar-refractivity contribution >= 4 is 34.9 Å². The molecule has 28 heavy (non-hydrogen) atoms. The number of carbonyl (C=O) groups excluding carboxylic acids is 2. The third-order valence-electron chi connectivity index (χ3n) is 4.28. The average molecular weight is 406 g/mol. The first-order valence-corrected chi connectivity index (χ1v) is 9.57. The molecular formula is C20H27N3O4S. The van der Waals surface area contributed by atoms with Gasteiger partial charge in [0.1, 0.15) is 6.61 Å². The van der Waals surface area contributed by atoms with E-state index < -0.39 is 6.04 Å². The summed E-state index contributed by atoms with van der Waals surface area (Å²) in [6, 6.07) is 6.83. The van der Waals surface area contributed by atoms with E-state index in [1.54, 1.807) is 12.1 Å². The fourth-order valence-corrected chi connectivity index (χ4v) is 3.43. The molecule has 0 aromatic heterocycles. The molecule has 1 aromatic rings. The van der Waals surface area contributed by atoms with Gasteiger partial charge in [0.2, 0.25) is 5.91 Å². The number of rotatable bonds is 7. The summed E-state index contributed by atoms with van der Waals surface area (Å²) in [5, 5.41) is 6.54. The molecule has 1 atom stereocenters. The normalized spacial score (nSPS) is 16.9. The Kier molecular flexibility index (Phi) is 7.53. The minimum atomic E-state index is -0.426. The van der Waals surface area contributed by atoms with Crippen LogP contribution >= 0.6 is 12.2 Å². The molecule has 1 aliphatic heterocycles. The van der Waals surface area contributed by atoms with E-state index >= 15 is 0 Å². The zero-order chi connectivity index (χ0) is 20.8. The Hall–Kier alpha value is -2.45. The molecule has 1 aliphatic rings. The molecule has 1 heterocycles. The molecular weight excluding hydrogens is 378 g/mol. The smallest absolute Gasteiger partial charge is 0.338 e. The number of carbonyl (C=O) groups is 2. The van der Waals surface area contributed by atoms with E-state index in [1.807, 2.05) is 44.7 Å². The SMILES string of the molecule is CCN1C(=S)NC(c2ccc(NC(=O)COC)cc2)C(C(=O)OC(C)C)=C1C. The Balaban J connectivity index is 2.35. The number of anilines is 1. The lowest BCUT2D eigenvalue weighted by atomic mass is 9.94. The molecule has 1 amide bonds. The van der Waals surface area contributed by atoms with Crippen LogP contribution < -0.4 is 10.6 Å². The Morgan fingerprint density at radius 1 is 1.29 bits per heavy atom. The molecule has 0 saturated carbocycles. The van der Waals surface area contributed by atoms with Crippen molar-refractivity contribution in [1.82, 2.24) is 10.2 Å². The van der Waals surface area contributed by atoms with Gasteiger partial charge in [-0.05, 0) is 57.6 Å². The van der Waals surface area contributed by atoms with E-state index in [-0.39, 0.29) is 24.6 Å². The lowest BCUT2D eigenvalue weighted by molar-refractivity contribution is -0.143. The van der Waals surface area contributed by atoms with Crippen molar-refractivity contribution in [2.75, 3.05) is 25.6 Å². The van der Waals surface area contributed by atoms with Crippen molar-refractivity contribution in [3.63, 3.8) is 0 Å². The van der Waals surface area contributed by atoms with Gasteiger partial charge < -0.3 is 25.0 Å². The summed E-state index contributed by atoms with van der Waals surface area (Å²) in [4.78, 5) is 26.3.